The van der Waals surface area contributed by atoms with E-state index in [1.807, 2.05) is 19.1 Å². The van der Waals surface area contributed by atoms with Gasteiger partial charge in [0.05, 0.1) is 6.42 Å². The van der Waals surface area contributed by atoms with E-state index in [2.05, 4.69) is 4.74 Å². The highest BCUT2D eigenvalue weighted by atomic mass is 19.3. The molecular formula is C14H14F2O3. The maximum atomic E-state index is 13.6. The smallest absolute Gasteiger partial charge is 0.313 e. The minimum Gasteiger partial charge on any atom is -0.451 e. The van der Waals surface area contributed by atoms with Crippen molar-refractivity contribution in [1.29, 1.82) is 0 Å². The standard InChI is InChI=1S/C14H14F2O3/c1-9-2-4-10(5-3-9)6-7-12-14(15,16)11(17)8-13(18)19-12/h2-7,11-12,17H,8H2,1H3/b7-6+/t11-,12+/m0/s1. The zero-order valence-corrected chi connectivity index (χ0v) is 10.3. The van der Waals surface area contributed by atoms with E-state index in [9.17, 15) is 18.7 Å². The fourth-order valence-electron chi connectivity index (χ4n) is 1.80. The Hall–Kier alpha value is -1.75. The molecule has 1 N–H and O–H groups in total. The molecule has 5 heteroatoms. The third-order valence-corrected chi connectivity index (χ3v) is 2.98. The van der Waals surface area contributed by atoms with E-state index >= 15 is 0 Å². The van der Waals surface area contributed by atoms with Crippen LogP contribution >= 0.6 is 0 Å². The van der Waals surface area contributed by atoms with Crippen LogP contribution in [-0.2, 0) is 9.53 Å². The third-order valence-electron chi connectivity index (χ3n) is 2.98. The zero-order chi connectivity index (χ0) is 14.0. The number of esters is 1. The summed E-state index contributed by atoms with van der Waals surface area (Å²) in [5, 5.41) is 9.23. The summed E-state index contributed by atoms with van der Waals surface area (Å²) in [6, 6.07) is 7.23. The van der Waals surface area contributed by atoms with Crippen LogP contribution in [0.2, 0.25) is 0 Å². The molecule has 0 amide bonds. The van der Waals surface area contributed by atoms with Crippen molar-refractivity contribution in [3.05, 3.63) is 41.5 Å². The Morgan fingerprint density at radius 3 is 2.63 bits per heavy atom. The number of benzene rings is 1. The first-order valence-electron chi connectivity index (χ1n) is 5.90. The van der Waals surface area contributed by atoms with Gasteiger partial charge in [0, 0.05) is 0 Å². The molecule has 19 heavy (non-hydrogen) atoms. The third kappa shape index (κ3) is 2.98. The molecule has 1 aliphatic rings. The van der Waals surface area contributed by atoms with Gasteiger partial charge < -0.3 is 9.84 Å². The first-order chi connectivity index (χ1) is 8.89. The van der Waals surface area contributed by atoms with Gasteiger partial charge in [-0.15, -0.1) is 0 Å². The number of aryl methyl sites for hydroxylation is 1. The molecule has 0 radical (unpaired) electrons. The van der Waals surface area contributed by atoms with E-state index in [1.165, 1.54) is 6.08 Å². The lowest BCUT2D eigenvalue weighted by Gasteiger charge is -2.32. The summed E-state index contributed by atoms with van der Waals surface area (Å²) in [4.78, 5) is 11.1. The van der Waals surface area contributed by atoms with Gasteiger partial charge in [-0.25, -0.2) is 0 Å². The van der Waals surface area contributed by atoms with Crippen molar-refractivity contribution in [2.45, 2.75) is 31.5 Å². The first kappa shape index (κ1) is 13.7. The summed E-state index contributed by atoms with van der Waals surface area (Å²) in [7, 11) is 0. The molecule has 2 atom stereocenters. The normalized spacial score (nSPS) is 26.4. The lowest BCUT2D eigenvalue weighted by molar-refractivity contribution is -0.215. The number of carbonyl (C=O) groups excluding carboxylic acids is 1. The van der Waals surface area contributed by atoms with Gasteiger partial charge >= 0.3 is 11.9 Å². The van der Waals surface area contributed by atoms with Crippen LogP contribution in [0.5, 0.6) is 0 Å². The molecule has 1 aromatic rings. The molecule has 2 rings (SSSR count). The number of aliphatic hydroxyl groups is 1. The predicted molar refractivity (Wildman–Crippen MR) is 65.7 cm³/mol. The number of cyclic esters (lactones) is 1. The van der Waals surface area contributed by atoms with Gasteiger partial charge in [-0.05, 0) is 18.6 Å². The topological polar surface area (TPSA) is 46.5 Å². The summed E-state index contributed by atoms with van der Waals surface area (Å²) in [5.41, 5.74) is 1.78. The molecule has 1 heterocycles. The summed E-state index contributed by atoms with van der Waals surface area (Å²) < 4.78 is 31.8. The number of hydrogen-bond donors (Lipinski definition) is 1. The van der Waals surface area contributed by atoms with E-state index in [0.29, 0.717) is 0 Å². The van der Waals surface area contributed by atoms with Gasteiger partial charge in [0.2, 0.25) is 0 Å². The molecular weight excluding hydrogens is 254 g/mol. The van der Waals surface area contributed by atoms with Crippen molar-refractivity contribution in [2.75, 3.05) is 0 Å². The molecule has 1 aromatic carbocycles. The molecule has 1 fully saturated rings. The fourth-order valence-corrected chi connectivity index (χ4v) is 1.80. The summed E-state index contributed by atoms with van der Waals surface area (Å²) in [5.74, 6) is -4.29. The average molecular weight is 268 g/mol. The Morgan fingerprint density at radius 1 is 1.37 bits per heavy atom. The fraction of sp³-hybridized carbons (Fsp3) is 0.357. The Bertz CT molecular complexity index is 494. The maximum Gasteiger partial charge on any atom is 0.313 e. The van der Waals surface area contributed by atoms with Crippen molar-refractivity contribution < 1.29 is 23.4 Å². The Morgan fingerprint density at radius 2 is 2.00 bits per heavy atom. The van der Waals surface area contributed by atoms with E-state index in [0.717, 1.165) is 17.2 Å². The van der Waals surface area contributed by atoms with Crippen molar-refractivity contribution in [3.8, 4) is 0 Å². The highest BCUT2D eigenvalue weighted by Gasteiger charge is 2.52. The van der Waals surface area contributed by atoms with Crippen molar-refractivity contribution in [3.63, 3.8) is 0 Å². The van der Waals surface area contributed by atoms with Crippen LogP contribution in [0.4, 0.5) is 8.78 Å². The van der Waals surface area contributed by atoms with E-state index in [-0.39, 0.29) is 0 Å². The summed E-state index contributed by atoms with van der Waals surface area (Å²) >= 11 is 0. The number of halogens is 2. The quantitative estimate of drug-likeness (QED) is 0.837. The minimum atomic E-state index is -3.46. The number of alkyl halides is 2. The largest absolute Gasteiger partial charge is 0.451 e. The average Bonchev–Trinajstić information content (AvgIpc) is 2.34. The van der Waals surface area contributed by atoms with Crippen molar-refractivity contribution in [1.82, 2.24) is 0 Å². The molecule has 1 aliphatic heterocycles. The van der Waals surface area contributed by atoms with Gasteiger partial charge in [0.1, 0.15) is 6.10 Å². The monoisotopic (exact) mass is 268 g/mol. The SMILES string of the molecule is Cc1ccc(/C=C/[C@H]2OC(=O)C[C@H](O)C2(F)F)cc1. The summed E-state index contributed by atoms with van der Waals surface area (Å²) in [6.45, 7) is 1.92. The minimum absolute atomic E-state index is 0.679. The maximum absolute atomic E-state index is 13.6. The number of carbonyl (C=O) groups is 1. The van der Waals surface area contributed by atoms with Gasteiger partial charge in [0.25, 0.3) is 0 Å². The predicted octanol–water partition coefficient (Wildman–Crippen LogP) is 2.32. The van der Waals surface area contributed by atoms with Crippen LogP contribution in [0.25, 0.3) is 6.08 Å². The van der Waals surface area contributed by atoms with Gasteiger partial charge in [0.15, 0.2) is 6.10 Å². The van der Waals surface area contributed by atoms with Crippen molar-refractivity contribution >= 4 is 12.0 Å². The lowest BCUT2D eigenvalue weighted by atomic mass is 9.99. The zero-order valence-electron chi connectivity index (χ0n) is 10.3. The first-order valence-corrected chi connectivity index (χ1v) is 5.90. The van der Waals surface area contributed by atoms with Gasteiger partial charge in [-0.3, -0.25) is 4.79 Å². The van der Waals surface area contributed by atoms with E-state index in [1.54, 1.807) is 12.1 Å². The number of rotatable bonds is 2. The second-order valence-electron chi connectivity index (χ2n) is 4.57. The Kier molecular flexibility index (Phi) is 3.66. The summed E-state index contributed by atoms with van der Waals surface area (Å²) in [6.07, 6.45) is -1.86. The molecule has 0 spiro atoms. The molecule has 0 bridgehead atoms. The molecule has 1 saturated heterocycles. The highest BCUT2D eigenvalue weighted by molar-refractivity contribution is 5.72. The molecule has 0 saturated carbocycles. The van der Waals surface area contributed by atoms with Crippen LogP contribution in [0.15, 0.2) is 30.3 Å². The number of hydrogen-bond acceptors (Lipinski definition) is 3. The second-order valence-corrected chi connectivity index (χ2v) is 4.57. The molecule has 0 unspecified atom stereocenters. The number of aliphatic hydroxyl groups excluding tert-OH is 1. The van der Waals surface area contributed by atoms with Gasteiger partial charge in [-0.1, -0.05) is 35.9 Å². The van der Waals surface area contributed by atoms with Gasteiger partial charge in [-0.2, -0.15) is 8.78 Å². The van der Waals surface area contributed by atoms with Crippen molar-refractivity contribution in [2.24, 2.45) is 0 Å². The molecule has 0 aromatic heterocycles. The van der Waals surface area contributed by atoms with Crippen LogP contribution in [-0.4, -0.2) is 29.2 Å². The second kappa shape index (κ2) is 5.09. The van der Waals surface area contributed by atoms with Crippen LogP contribution in [0.3, 0.4) is 0 Å². The highest BCUT2D eigenvalue weighted by Crippen LogP contribution is 2.33. The Balaban J connectivity index is 2.16. The number of ether oxygens (including phenoxy) is 1. The van der Waals surface area contributed by atoms with Crippen LogP contribution in [0.1, 0.15) is 17.5 Å². The van der Waals surface area contributed by atoms with E-state index < -0.39 is 30.5 Å². The lowest BCUT2D eigenvalue weighted by Crippen LogP contribution is -2.51. The van der Waals surface area contributed by atoms with Crippen LogP contribution < -0.4 is 0 Å². The molecule has 0 aliphatic carbocycles. The Labute approximate surface area is 109 Å². The van der Waals surface area contributed by atoms with Crippen LogP contribution in [0, 0.1) is 6.92 Å². The molecule has 3 nitrogen and oxygen atoms in total. The van der Waals surface area contributed by atoms with E-state index in [4.69, 9.17) is 0 Å². The molecule has 102 valence electrons.